The van der Waals surface area contributed by atoms with Crippen LogP contribution in [0.1, 0.15) is 18.9 Å². The lowest BCUT2D eigenvalue weighted by atomic mass is 10.1. The second kappa shape index (κ2) is 9.08. The molecule has 0 atom stereocenters. The predicted octanol–water partition coefficient (Wildman–Crippen LogP) is 3.80. The molecule has 126 valence electrons. The fourth-order valence-corrected chi connectivity index (χ4v) is 2.34. The summed E-state index contributed by atoms with van der Waals surface area (Å²) < 4.78 is 6.15. The summed E-state index contributed by atoms with van der Waals surface area (Å²) in [6.45, 7) is 2.13. The highest BCUT2D eigenvalue weighted by molar-refractivity contribution is 9.10. The largest absolute Gasteiger partial charge is 0.497 e. The number of methoxy groups -OCH3 is 1. The van der Waals surface area contributed by atoms with Crippen molar-refractivity contribution in [3.05, 3.63) is 58.6 Å². The van der Waals surface area contributed by atoms with Crippen molar-refractivity contribution in [3.8, 4) is 5.75 Å². The number of ether oxygens (including phenoxy) is 1. The Morgan fingerprint density at radius 2 is 1.96 bits per heavy atom. The third kappa shape index (κ3) is 5.38. The van der Waals surface area contributed by atoms with Gasteiger partial charge in [-0.15, -0.1) is 0 Å². The van der Waals surface area contributed by atoms with Crippen LogP contribution in [0.2, 0.25) is 0 Å². The first-order valence-electron chi connectivity index (χ1n) is 7.61. The van der Waals surface area contributed by atoms with E-state index in [0.29, 0.717) is 0 Å². The number of benzene rings is 2. The van der Waals surface area contributed by atoms with Crippen molar-refractivity contribution in [2.75, 3.05) is 19.0 Å². The molecule has 1 amide bonds. The maximum absolute atomic E-state index is 12.0. The van der Waals surface area contributed by atoms with Gasteiger partial charge in [-0.05, 0) is 36.2 Å². The van der Waals surface area contributed by atoms with Gasteiger partial charge in [-0.2, -0.15) is 5.10 Å². The molecule has 2 aromatic rings. The number of nitrogens with zero attached hydrogens (tertiary/aromatic N) is 1. The number of carbonyl (C=O) groups excluding carboxylic acids is 1. The van der Waals surface area contributed by atoms with Crippen LogP contribution in [0.4, 0.5) is 5.69 Å². The molecule has 6 heteroatoms. The molecule has 0 unspecified atom stereocenters. The van der Waals surface area contributed by atoms with Crippen LogP contribution in [-0.4, -0.2) is 25.3 Å². The molecule has 2 aromatic carbocycles. The molecule has 0 aliphatic carbocycles. The summed E-state index contributed by atoms with van der Waals surface area (Å²) in [6.07, 6.45) is 0.727. The van der Waals surface area contributed by atoms with Gasteiger partial charge >= 0.3 is 0 Å². The summed E-state index contributed by atoms with van der Waals surface area (Å²) in [5, 5.41) is 7.27. The number of hydrazone groups is 1. The summed E-state index contributed by atoms with van der Waals surface area (Å²) in [4.78, 5) is 12.0. The van der Waals surface area contributed by atoms with Gasteiger partial charge in [-0.25, -0.2) is 5.43 Å². The number of amides is 1. The molecule has 0 aliphatic heterocycles. The number of rotatable bonds is 7. The van der Waals surface area contributed by atoms with Crippen molar-refractivity contribution in [1.29, 1.82) is 0 Å². The maximum atomic E-state index is 12.0. The molecule has 0 bridgehead atoms. The van der Waals surface area contributed by atoms with Crippen LogP contribution in [0.3, 0.4) is 0 Å². The average molecular weight is 390 g/mol. The van der Waals surface area contributed by atoms with E-state index in [1.54, 1.807) is 7.11 Å². The lowest BCUT2D eigenvalue weighted by Gasteiger charge is -2.08. The van der Waals surface area contributed by atoms with E-state index >= 15 is 0 Å². The monoisotopic (exact) mass is 389 g/mol. The van der Waals surface area contributed by atoms with E-state index in [2.05, 4.69) is 31.8 Å². The Hall–Kier alpha value is -2.34. The van der Waals surface area contributed by atoms with E-state index < -0.39 is 0 Å². The van der Waals surface area contributed by atoms with Crippen LogP contribution in [0.25, 0.3) is 0 Å². The van der Waals surface area contributed by atoms with E-state index in [0.717, 1.165) is 33.6 Å². The van der Waals surface area contributed by atoms with Crippen molar-refractivity contribution in [1.82, 2.24) is 5.43 Å². The fraction of sp³-hybridized carbons (Fsp3) is 0.222. The minimum atomic E-state index is -0.208. The minimum absolute atomic E-state index is 0.133. The molecule has 0 heterocycles. The smallest absolute Gasteiger partial charge is 0.259 e. The second-order valence-electron chi connectivity index (χ2n) is 5.04. The van der Waals surface area contributed by atoms with Gasteiger partial charge < -0.3 is 10.1 Å². The van der Waals surface area contributed by atoms with E-state index in [9.17, 15) is 4.79 Å². The van der Waals surface area contributed by atoms with E-state index in [1.807, 2.05) is 55.5 Å². The summed E-state index contributed by atoms with van der Waals surface area (Å²) >= 11 is 3.40. The molecular weight excluding hydrogens is 370 g/mol. The Labute approximate surface area is 150 Å². The van der Waals surface area contributed by atoms with Gasteiger partial charge in [-0.3, -0.25) is 4.79 Å². The number of carbonyl (C=O) groups is 1. The Bertz CT molecular complexity index is 714. The number of halogens is 1. The van der Waals surface area contributed by atoms with Gasteiger partial charge in [0.25, 0.3) is 5.91 Å². The molecule has 0 radical (unpaired) electrons. The molecule has 2 N–H and O–H groups in total. The number of hydrogen-bond donors (Lipinski definition) is 2. The van der Waals surface area contributed by atoms with Crippen molar-refractivity contribution in [3.63, 3.8) is 0 Å². The first-order chi connectivity index (χ1) is 11.6. The van der Waals surface area contributed by atoms with Crippen LogP contribution >= 0.6 is 15.9 Å². The van der Waals surface area contributed by atoms with Crippen LogP contribution in [0, 0.1) is 0 Å². The summed E-state index contributed by atoms with van der Waals surface area (Å²) in [5.41, 5.74) is 5.22. The van der Waals surface area contributed by atoms with Crippen LogP contribution in [0.5, 0.6) is 5.75 Å². The van der Waals surface area contributed by atoms with Crippen LogP contribution in [-0.2, 0) is 4.79 Å². The number of hydrogen-bond acceptors (Lipinski definition) is 4. The highest BCUT2D eigenvalue weighted by atomic mass is 79.9. The highest BCUT2D eigenvalue weighted by Gasteiger charge is 2.04. The molecule has 0 aromatic heterocycles. The topological polar surface area (TPSA) is 62.7 Å². The van der Waals surface area contributed by atoms with E-state index in [4.69, 9.17) is 4.74 Å². The van der Waals surface area contributed by atoms with Gasteiger partial charge in [0, 0.05) is 16.2 Å². The van der Waals surface area contributed by atoms with Crippen molar-refractivity contribution in [2.45, 2.75) is 13.3 Å². The SMILES string of the molecule is CC/C(=N/NC(=O)CNc1cccc(OC)c1)c1ccc(Br)cc1. The zero-order valence-corrected chi connectivity index (χ0v) is 15.3. The minimum Gasteiger partial charge on any atom is -0.497 e. The van der Waals surface area contributed by atoms with Gasteiger partial charge in [0.15, 0.2) is 0 Å². The van der Waals surface area contributed by atoms with Gasteiger partial charge in [0.1, 0.15) is 5.75 Å². The molecule has 24 heavy (non-hydrogen) atoms. The molecular formula is C18H20BrN3O2. The second-order valence-corrected chi connectivity index (χ2v) is 5.96. The Morgan fingerprint density at radius 3 is 2.62 bits per heavy atom. The standard InChI is InChI=1S/C18H20BrN3O2/c1-3-17(13-7-9-14(19)10-8-13)21-22-18(23)12-20-15-5-4-6-16(11-15)24-2/h4-11,20H,3,12H2,1-2H3,(H,22,23)/b21-17-. The molecule has 5 nitrogen and oxygen atoms in total. The van der Waals surface area contributed by atoms with Gasteiger partial charge in [0.05, 0.1) is 19.4 Å². The molecule has 2 rings (SSSR count). The maximum Gasteiger partial charge on any atom is 0.259 e. The Balaban J connectivity index is 1.91. The zero-order chi connectivity index (χ0) is 17.4. The van der Waals surface area contributed by atoms with Gasteiger partial charge in [-0.1, -0.05) is 41.1 Å². The normalized spacial score (nSPS) is 11.0. The quantitative estimate of drug-likeness (QED) is 0.559. The molecule has 0 saturated carbocycles. The number of nitrogens with one attached hydrogen (secondary N) is 2. The molecule has 0 saturated heterocycles. The molecule has 0 spiro atoms. The fourth-order valence-electron chi connectivity index (χ4n) is 2.07. The Kier molecular flexibility index (Phi) is 6.81. The average Bonchev–Trinajstić information content (AvgIpc) is 2.62. The number of anilines is 1. The van der Waals surface area contributed by atoms with E-state index in [-0.39, 0.29) is 12.5 Å². The molecule has 0 fully saturated rings. The third-order valence-electron chi connectivity index (χ3n) is 3.35. The van der Waals surface area contributed by atoms with Gasteiger partial charge in [0.2, 0.25) is 0 Å². The lowest BCUT2D eigenvalue weighted by Crippen LogP contribution is -2.27. The third-order valence-corrected chi connectivity index (χ3v) is 3.88. The highest BCUT2D eigenvalue weighted by Crippen LogP contribution is 2.16. The summed E-state index contributed by atoms with van der Waals surface area (Å²) in [6, 6.07) is 15.2. The van der Waals surface area contributed by atoms with E-state index in [1.165, 1.54) is 0 Å². The van der Waals surface area contributed by atoms with Crippen molar-refractivity contribution < 1.29 is 9.53 Å². The Morgan fingerprint density at radius 1 is 1.21 bits per heavy atom. The van der Waals surface area contributed by atoms with Crippen molar-refractivity contribution >= 4 is 33.2 Å². The summed E-state index contributed by atoms with van der Waals surface area (Å²) in [7, 11) is 1.61. The predicted molar refractivity (Wildman–Crippen MR) is 101 cm³/mol. The molecule has 0 aliphatic rings. The summed E-state index contributed by atoms with van der Waals surface area (Å²) in [5.74, 6) is 0.530. The first kappa shape index (κ1) is 18.0. The lowest BCUT2D eigenvalue weighted by molar-refractivity contribution is -0.119. The van der Waals surface area contributed by atoms with Crippen LogP contribution < -0.4 is 15.5 Å². The van der Waals surface area contributed by atoms with Crippen molar-refractivity contribution in [2.24, 2.45) is 5.10 Å². The first-order valence-corrected chi connectivity index (χ1v) is 8.41. The van der Waals surface area contributed by atoms with Crippen LogP contribution in [0.15, 0.2) is 58.1 Å². The zero-order valence-electron chi connectivity index (χ0n) is 13.7.